The summed E-state index contributed by atoms with van der Waals surface area (Å²) in [6.45, 7) is 3.47. The number of carbonyl (C=O) groups excluding carboxylic acids is 1. The third-order valence-electron chi connectivity index (χ3n) is 1.99. The molecule has 0 aliphatic carbocycles. The largest absolute Gasteiger partial charge is 0.478 e. The van der Waals surface area contributed by atoms with Crippen LogP contribution in [0, 0.1) is 0 Å². The number of pyridine rings is 1. The van der Waals surface area contributed by atoms with Crippen LogP contribution in [-0.2, 0) is 4.74 Å². The molecule has 1 heterocycles. The zero-order valence-corrected chi connectivity index (χ0v) is 9.29. The van der Waals surface area contributed by atoms with Crippen LogP contribution in [0.1, 0.15) is 10.4 Å². The van der Waals surface area contributed by atoms with E-state index in [0.29, 0.717) is 0 Å². The number of hydrogen-bond donors (Lipinski definition) is 1. The van der Waals surface area contributed by atoms with Crippen molar-refractivity contribution >= 4 is 17.7 Å². The maximum atomic E-state index is 11.5. The second-order valence-corrected chi connectivity index (χ2v) is 3.12. The number of aromatic nitrogens is 1. The molecule has 0 atom stereocenters. The van der Waals surface area contributed by atoms with Crippen molar-refractivity contribution in [1.82, 2.24) is 4.98 Å². The first-order valence-electron chi connectivity index (χ1n) is 4.76. The van der Waals surface area contributed by atoms with E-state index < -0.39 is 12.1 Å². The average Bonchev–Trinajstić information content (AvgIpc) is 2.34. The summed E-state index contributed by atoms with van der Waals surface area (Å²) in [4.78, 5) is 27.3. The predicted octanol–water partition coefficient (Wildman–Crippen LogP) is 1.54. The van der Waals surface area contributed by atoms with E-state index in [2.05, 4.69) is 11.6 Å². The minimum atomic E-state index is -1.13. The summed E-state index contributed by atoms with van der Waals surface area (Å²) in [6.07, 6.45) is 3.39. The highest BCUT2D eigenvalue weighted by Crippen LogP contribution is 2.18. The van der Waals surface area contributed by atoms with E-state index in [1.807, 2.05) is 0 Å². The molecule has 1 rings (SSSR count). The van der Waals surface area contributed by atoms with E-state index in [9.17, 15) is 9.59 Å². The Bertz CT molecular complexity index is 445. The van der Waals surface area contributed by atoms with Crippen molar-refractivity contribution in [3.05, 3.63) is 36.7 Å². The van der Waals surface area contributed by atoms with Gasteiger partial charge in [0.2, 0.25) is 0 Å². The van der Waals surface area contributed by atoms with Crippen LogP contribution in [0.2, 0.25) is 0 Å². The molecule has 6 nitrogen and oxygen atoms in total. The molecule has 1 aromatic rings. The highest BCUT2D eigenvalue weighted by molar-refractivity contribution is 5.99. The van der Waals surface area contributed by atoms with Crippen LogP contribution < -0.4 is 4.90 Å². The van der Waals surface area contributed by atoms with E-state index in [1.54, 1.807) is 0 Å². The van der Waals surface area contributed by atoms with Crippen molar-refractivity contribution < 1.29 is 19.4 Å². The molecule has 0 aliphatic rings. The fourth-order valence-electron chi connectivity index (χ4n) is 1.16. The Hall–Kier alpha value is -2.37. The van der Waals surface area contributed by atoms with Gasteiger partial charge in [0, 0.05) is 13.2 Å². The standard InChI is InChI=1S/C11H12N2O4/c1-3-6-17-11(16)13(2)9-7-12-5-4-8(9)10(14)15/h3-5,7H,1,6H2,2H3,(H,14,15). The van der Waals surface area contributed by atoms with Crippen LogP contribution in [0.15, 0.2) is 31.1 Å². The van der Waals surface area contributed by atoms with Crippen molar-refractivity contribution in [1.29, 1.82) is 0 Å². The van der Waals surface area contributed by atoms with Gasteiger partial charge in [-0.05, 0) is 6.07 Å². The van der Waals surface area contributed by atoms with Crippen LogP contribution in [0.5, 0.6) is 0 Å². The van der Waals surface area contributed by atoms with Crippen molar-refractivity contribution in [2.75, 3.05) is 18.6 Å². The van der Waals surface area contributed by atoms with E-state index in [-0.39, 0.29) is 17.9 Å². The van der Waals surface area contributed by atoms with Gasteiger partial charge in [-0.25, -0.2) is 9.59 Å². The van der Waals surface area contributed by atoms with Gasteiger partial charge < -0.3 is 9.84 Å². The molecule has 17 heavy (non-hydrogen) atoms. The van der Waals surface area contributed by atoms with Gasteiger partial charge >= 0.3 is 12.1 Å². The molecule has 6 heteroatoms. The normalized spacial score (nSPS) is 9.47. The zero-order chi connectivity index (χ0) is 12.8. The number of ether oxygens (including phenoxy) is 1. The number of rotatable bonds is 4. The second-order valence-electron chi connectivity index (χ2n) is 3.12. The first-order valence-corrected chi connectivity index (χ1v) is 4.76. The molecule has 0 bridgehead atoms. The summed E-state index contributed by atoms with van der Waals surface area (Å²) in [5, 5.41) is 8.95. The third-order valence-corrected chi connectivity index (χ3v) is 1.99. The van der Waals surface area contributed by atoms with Crippen molar-refractivity contribution in [2.45, 2.75) is 0 Å². The number of carbonyl (C=O) groups is 2. The Morgan fingerprint density at radius 1 is 1.65 bits per heavy atom. The van der Waals surface area contributed by atoms with E-state index in [0.717, 1.165) is 4.90 Å². The molecule has 0 aromatic carbocycles. The number of anilines is 1. The summed E-state index contributed by atoms with van der Waals surface area (Å²) in [5.41, 5.74) is 0.159. The lowest BCUT2D eigenvalue weighted by Gasteiger charge is -2.17. The molecule has 0 saturated heterocycles. The number of carboxylic acids is 1. The third kappa shape index (κ3) is 3.04. The van der Waals surface area contributed by atoms with E-state index in [1.165, 1.54) is 31.6 Å². The van der Waals surface area contributed by atoms with Crippen LogP contribution in [-0.4, -0.2) is 35.8 Å². The Morgan fingerprint density at radius 2 is 2.35 bits per heavy atom. The monoisotopic (exact) mass is 236 g/mol. The minimum Gasteiger partial charge on any atom is -0.478 e. The predicted molar refractivity (Wildman–Crippen MR) is 61.1 cm³/mol. The molecular formula is C11H12N2O4. The quantitative estimate of drug-likeness (QED) is 0.802. The van der Waals surface area contributed by atoms with Crippen molar-refractivity contribution in [3.8, 4) is 0 Å². The lowest BCUT2D eigenvalue weighted by molar-refractivity contribution is 0.0697. The van der Waals surface area contributed by atoms with Gasteiger partial charge in [0.1, 0.15) is 6.61 Å². The lowest BCUT2D eigenvalue weighted by Crippen LogP contribution is -2.28. The van der Waals surface area contributed by atoms with Gasteiger partial charge in [-0.3, -0.25) is 9.88 Å². The van der Waals surface area contributed by atoms with Crippen molar-refractivity contribution in [3.63, 3.8) is 0 Å². The topological polar surface area (TPSA) is 79.7 Å². The number of carboxylic acid groups (broad SMARTS) is 1. The summed E-state index contributed by atoms with van der Waals surface area (Å²) in [7, 11) is 1.41. The van der Waals surface area contributed by atoms with Crippen LogP contribution >= 0.6 is 0 Å². The Kier molecular flexibility index (Phi) is 4.21. The fraction of sp³-hybridized carbons (Fsp3) is 0.182. The van der Waals surface area contributed by atoms with Crippen LogP contribution in [0.3, 0.4) is 0 Å². The highest BCUT2D eigenvalue weighted by Gasteiger charge is 2.18. The molecule has 0 unspecified atom stereocenters. The minimum absolute atomic E-state index is 0.0157. The first-order chi connectivity index (χ1) is 8.07. The Labute approximate surface area is 98.1 Å². The summed E-state index contributed by atoms with van der Waals surface area (Å²) in [6, 6.07) is 1.31. The lowest BCUT2D eigenvalue weighted by atomic mass is 10.2. The first kappa shape index (κ1) is 12.7. The smallest absolute Gasteiger partial charge is 0.414 e. The number of nitrogens with zero attached hydrogens (tertiary/aromatic N) is 2. The van der Waals surface area contributed by atoms with E-state index in [4.69, 9.17) is 9.84 Å². The number of aromatic carboxylic acids is 1. The maximum Gasteiger partial charge on any atom is 0.414 e. The van der Waals surface area contributed by atoms with Gasteiger partial charge in [-0.1, -0.05) is 12.7 Å². The molecule has 0 saturated carbocycles. The molecule has 0 spiro atoms. The molecule has 1 aromatic heterocycles. The number of hydrogen-bond acceptors (Lipinski definition) is 4. The molecule has 1 amide bonds. The summed E-state index contributed by atoms with van der Waals surface area (Å²) < 4.78 is 4.79. The summed E-state index contributed by atoms with van der Waals surface area (Å²) >= 11 is 0. The van der Waals surface area contributed by atoms with Gasteiger partial charge in [-0.2, -0.15) is 0 Å². The second kappa shape index (κ2) is 5.64. The molecule has 0 radical (unpaired) electrons. The van der Waals surface area contributed by atoms with Crippen molar-refractivity contribution in [2.24, 2.45) is 0 Å². The number of amides is 1. The maximum absolute atomic E-state index is 11.5. The molecule has 90 valence electrons. The van der Waals surface area contributed by atoms with Crippen LogP contribution in [0.4, 0.5) is 10.5 Å². The van der Waals surface area contributed by atoms with Crippen LogP contribution in [0.25, 0.3) is 0 Å². The van der Waals surface area contributed by atoms with Gasteiger partial charge in [0.25, 0.3) is 0 Å². The fourth-order valence-corrected chi connectivity index (χ4v) is 1.16. The van der Waals surface area contributed by atoms with E-state index >= 15 is 0 Å². The Balaban J connectivity index is 2.95. The molecular weight excluding hydrogens is 224 g/mol. The summed E-state index contributed by atoms with van der Waals surface area (Å²) in [5.74, 6) is -1.13. The Morgan fingerprint density at radius 3 is 2.94 bits per heavy atom. The molecule has 0 aliphatic heterocycles. The zero-order valence-electron chi connectivity index (χ0n) is 9.29. The molecule has 0 fully saturated rings. The highest BCUT2D eigenvalue weighted by atomic mass is 16.6. The average molecular weight is 236 g/mol. The molecule has 1 N–H and O–H groups in total. The van der Waals surface area contributed by atoms with Gasteiger partial charge in [0.15, 0.2) is 0 Å². The SMILES string of the molecule is C=CCOC(=O)N(C)c1cnccc1C(=O)O. The van der Waals surface area contributed by atoms with Gasteiger partial charge in [0.05, 0.1) is 17.4 Å². The van der Waals surface area contributed by atoms with Gasteiger partial charge in [-0.15, -0.1) is 0 Å².